The molecule has 0 unspecified atom stereocenters. The van der Waals surface area contributed by atoms with E-state index in [-0.39, 0.29) is 0 Å². The quantitative estimate of drug-likeness (QED) is 0.232. The summed E-state index contributed by atoms with van der Waals surface area (Å²) in [7, 11) is 0. The molecule has 0 heteroatoms. The van der Waals surface area contributed by atoms with Crippen LogP contribution in [0, 0.1) is 0 Å². The molecule has 0 nitrogen and oxygen atoms in total. The largest absolute Gasteiger partial charge is 0.0622 e. The Balaban J connectivity index is 1.57. The van der Waals surface area contributed by atoms with E-state index in [0.717, 1.165) is 0 Å². The van der Waals surface area contributed by atoms with Crippen LogP contribution < -0.4 is 0 Å². The van der Waals surface area contributed by atoms with Gasteiger partial charge in [0, 0.05) is 0 Å². The summed E-state index contributed by atoms with van der Waals surface area (Å²) in [4.78, 5) is 0. The summed E-state index contributed by atoms with van der Waals surface area (Å²) < 4.78 is 0. The lowest BCUT2D eigenvalue weighted by atomic mass is 9.89. The topological polar surface area (TPSA) is 0 Å². The van der Waals surface area contributed by atoms with Gasteiger partial charge in [-0.3, -0.25) is 0 Å². The Labute approximate surface area is 211 Å². The van der Waals surface area contributed by atoms with Gasteiger partial charge in [0.2, 0.25) is 0 Å². The minimum absolute atomic E-state index is 1.24. The highest BCUT2D eigenvalue weighted by atomic mass is 14.2. The van der Waals surface area contributed by atoms with Gasteiger partial charge in [-0.05, 0) is 83.9 Å². The Kier molecular flexibility index (Phi) is 4.89. The molecule has 0 saturated heterocycles. The molecule has 0 aliphatic heterocycles. The third-order valence-corrected chi connectivity index (χ3v) is 7.25. The molecule has 0 atom stereocenters. The maximum absolute atomic E-state index is 2.37. The molecule has 0 aliphatic carbocycles. The van der Waals surface area contributed by atoms with Crippen molar-refractivity contribution in [3.63, 3.8) is 0 Å². The Bertz CT molecular complexity index is 1850. The summed E-state index contributed by atoms with van der Waals surface area (Å²) in [6.45, 7) is 0. The van der Waals surface area contributed by atoms with Gasteiger partial charge in [0.1, 0.15) is 0 Å². The summed E-state index contributed by atoms with van der Waals surface area (Å²) in [5, 5.41) is 7.77. The number of benzene rings is 7. The van der Waals surface area contributed by atoms with Crippen molar-refractivity contribution in [2.24, 2.45) is 0 Å². The van der Waals surface area contributed by atoms with Crippen LogP contribution in [0.5, 0.6) is 0 Å². The monoisotopic (exact) mass is 456 g/mol. The van der Waals surface area contributed by atoms with E-state index in [4.69, 9.17) is 0 Å². The molecule has 7 aromatic carbocycles. The Morgan fingerprint density at radius 3 is 0.806 bits per heavy atom. The van der Waals surface area contributed by atoms with Gasteiger partial charge < -0.3 is 0 Å². The van der Waals surface area contributed by atoms with E-state index in [0.29, 0.717) is 0 Å². The Hall–Kier alpha value is -4.68. The molecule has 7 aromatic rings. The van der Waals surface area contributed by atoms with Gasteiger partial charge in [-0.2, -0.15) is 0 Å². The molecule has 0 aromatic heterocycles. The Morgan fingerprint density at radius 1 is 0.194 bits per heavy atom. The SMILES string of the molecule is c1ccc(-c2ccc3c4ccc(-c5ccccc5)cc4c4cc(-c5ccccc5)ccc4c3c2)cc1. The van der Waals surface area contributed by atoms with Crippen LogP contribution in [0.15, 0.2) is 146 Å². The number of fused-ring (bicyclic) bond motifs is 6. The lowest BCUT2D eigenvalue weighted by Gasteiger charge is -2.15. The number of hydrogen-bond acceptors (Lipinski definition) is 0. The van der Waals surface area contributed by atoms with Gasteiger partial charge in [-0.15, -0.1) is 0 Å². The first-order valence-electron chi connectivity index (χ1n) is 12.4. The summed E-state index contributed by atoms with van der Waals surface area (Å²) in [6.07, 6.45) is 0. The van der Waals surface area contributed by atoms with Crippen molar-refractivity contribution in [2.75, 3.05) is 0 Å². The lowest BCUT2D eigenvalue weighted by Crippen LogP contribution is -1.88. The molecular formula is C36H24. The van der Waals surface area contributed by atoms with Crippen LogP contribution in [0.25, 0.3) is 65.7 Å². The molecule has 0 aliphatic rings. The smallest absolute Gasteiger partial charge is 0.00926 e. The predicted octanol–water partition coefficient (Wildman–Crippen LogP) is 10.1. The van der Waals surface area contributed by atoms with Crippen molar-refractivity contribution < 1.29 is 0 Å². The zero-order chi connectivity index (χ0) is 23.9. The van der Waals surface area contributed by atoms with Gasteiger partial charge in [-0.25, -0.2) is 0 Å². The lowest BCUT2D eigenvalue weighted by molar-refractivity contribution is 1.64. The molecule has 0 fully saturated rings. The number of hydrogen-bond donors (Lipinski definition) is 0. The summed E-state index contributed by atoms with van der Waals surface area (Å²) in [6, 6.07) is 52.8. The standard InChI is InChI=1S/C36H24/c1-4-10-25(11-5-1)28-16-19-31-32-20-17-29(26-12-6-2-7-13-26)23-35(32)36-24-30(27-14-8-3-9-15-27)18-21-33(36)34(31)22-28/h1-24H. The van der Waals surface area contributed by atoms with E-state index >= 15 is 0 Å². The molecule has 0 spiro atoms. The number of rotatable bonds is 3. The third-order valence-electron chi connectivity index (χ3n) is 7.25. The fraction of sp³-hybridized carbons (Fsp3) is 0. The second kappa shape index (κ2) is 8.52. The second-order valence-electron chi connectivity index (χ2n) is 9.38. The van der Waals surface area contributed by atoms with Gasteiger partial charge >= 0.3 is 0 Å². The summed E-state index contributed by atoms with van der Waals surface area (Å²) >= 11 is 0. The minimum atomic E-state index is 1.24. The first-order chi connectivity index (χ1) is 17.8. The van der Waals surface area contributed by atoms with E-state index < -0.39 is 0 Å². The fourth-order valence-electron chi connectivity index (χ4n) is 5.44. The van der Waals surface area contributed by atoms with Gasteiger partial charge in [0.25, 0.3) is 0 Å². The first kappa shape index (κ1) is 20.7. The van der Waals surface area contributed by atoms with Crippen molar-refractivity contribution in [3.8, 4) is 33.4 Å². The molecule has 0 radical (unpaired) electrons. The van der Waals surface area contributed by atoms with Gasteiger partial charge in [-0.1, -0.05) is 127 Å². The molecule has 0 N–H and O–H groups in total. The van der Waals surface area contributed by atoms with Crippen molar-refractivity contribution in [2.45, 2.75) is 0 Å². The molecular weight excluding hydrogens is 432 g/mol. The Morgan fingerprint density at radius 2 is 0.472 bits per heavy atom. The average molecular weight is 457 g/mol. The normalized spacial score (nSPS) is 11.3. The van der Waals surface area contributed by atoms with Crippen LogP contribution in [0.2, 0.25) is 0 Å². The van der Waals surface area contributed by atoms with Gasteiger partial charge in [0.15, 0.2) is 0 Å². The molecule has 0 amide bonds. The average Bonchev–Trinajstić information content (AvgIpc) is 2.98. The summed E-state index contributed by atoms with van der Waals surface area (Å²) in [5.41, 5.74) is 7.46. The molecule has 0 saturated carbocycles. The highest BCUT2D eigenvalue weighted by Crippen LogP contribution is 2.40. The van der Waals surface area contributed by atoms with Crippen LogP contribution >= 0.6 is 0 Å². The van der Waals surface area contributed by atoms with E-state index in [1.165, 1.54) is 65.7 Å². The molecule has 0 heterocycles. The van der Waals surface area contributed by atoms with Crippen LogP contribution in [-0.2, 0) is 0 Å². The zero-order valence-electron chi connectivity index (χ0n) is 19.9. The maximum Gasteiger partial charge on any atom is -0.00926 e. The molecule has 168 valence electrons. The summed E-state index contributed by atoms with van der Waals surface area (Å²) in [5.74, 6) is 0. The van der Waals surface area contributed by atoms with E-state index in [1.807, 2.05) is 0 Å². The molecule has 7 rings (SSSR count). The third kappa shape index (κ3) is 3.47. The van der Waals surface area contributed by atoms with Crippen molar-refractivity contribution in [1.29, 1.82) is 0 Å². The highest BCUT2D eigenvalue weighted by molar-refractivity contribution is 6.26. The zero-order valence-corrected chi connectivity index (χ0v) is 19.9. The van der Waals surface area contributed by atoms with Crippen LogP contribution in [0.3, 0.4) is 0 Å². The van der Waals surface area contributed by atoms with Crippen LogP contribution in [0.4, 0.5) is 0 Å². The second-order valence-corrected chi connectivity index (χ2v) is 9.38. The van der Waals surface area contributed by atoms with E-state index in [1.54, 1.807) is 0 Å². The minimum Gasteiger partial charge on any atom is -0.0622 e. The van der Waals surface area contributed by atoms with Crippen molar-refractivity contribution >= 4 is 32.3 Å². The van der Waals surface area contributed by atoms with Gasteiger partial charge in [0.05, 0.1) is 0 Å². The maximum atomic E-state index is 2.37. The van der Waals surface area contributed by atoms with E-state index in [9.17, 15) is 0 Å². The highest BCUT2D eigenvalue weighted by Gasteiger charge is 2.12. The van der Waals surface area contributed by atoms with Crippen LogP contribution in [0.1, 0.15) is 0 Å². The first-order valence-corrected chi connectivity index (χ1v) is 12.4. The fourth-order valence-corrected chi connectivity index (χ4v) is 5.44. The van der Waals surface area contributed by atoms with Crippen LogP contribution in [-0.4, -0.2) is 0 Å². The molecule has 36 heavy (non-hydrogen) atoms. The van der Waals surface area contributed by atoms with E-state index in [2.05, 4.69) is 146 Å². The predicted molar refractivity (Wildman–Crippen MR) is 155 cm³/mol. The van der Waals surface area contributed by atoms with Crippen molar-refractivity contribution in [1.82, 2.24) is 0 Å². The van der Waals surface area contributed by atoms with Crippen molar-refractivity contribution in [3.05, 3.63) is 146 Å². The molecule has 0 bridgehead atoms.